The second-order valence-corrected chi connectivity index (χ2v) is 8.37. The van der Waals surface area contributed by atoms with Crippen LogP contribution in [-0.2, 0) is 27.4 Å². The molecule has 0 aliphatic heterocycles. The lowest BCUT2D eigenvalue weighted by atomic mass is 10.1. The fourth-order valence-electron chi connectivity index (χ4n) is 3.57. The van der Waals surface area contributed by atoms with E-state index in [-0.39, 0.29) is 61.8 Å². The van der Waals surface area contributed by atoms with Gasteiger partial charge in [-0.05, 0) is 29.8 Å². The van der Waals surface area contributed by atoms with E-state index in [4.69, 9.17) is 9.15 Å². The van der Waals surface area contributed by atoms with Gasteiger partial charge in [0.25, 0.3) is 0 Å². The van der Waals surface area contributed by atoms with Crippen LogP contribution in [0.5, 0.6) is 0 Å². The molecule has 0 spiro atoms. The quantitative estimate of drug-likeness (QED) is 0.454. The SMILES string of the molecule is COCCN(CC(=O)N(Cc1ccc(F)cc1)Cc1coc2ccccc2c1=O)C(=O)C(C)C. The minimum atomic E-state index is -0.384. The molecular formula is C26H29FN2O5. The van der Waals surface area contributed by atoms with Crippen molar-refractivity contribution < 1.29 is 23.1 Å². The van der Waals surface area contributed by atoms with Crippen molar-refractivity contribution in [3.63, 3.8) is 0 Å². The highest BCUT2D eigenvalue weighted by atomic mass is 19.1. The van der Waals surface area contributed by atoms with Gasteiger partial charge >= 0.3 is 0 Å². The van der Waals surface area contributed by atoms with Crippen molar-refractivity contribution in [1.82, 2.24) is 9.80 Å². The van der Waals surface area contributed by atoms with Crippen molar-refractivity contribution >= 4 is 22.8 Å². The number of amides is 2. The number of rotatable bonds is 10. The van der Waals surface area contributed by atoms with Crippen molar-refractivity contribution in [2.24, 2.45) is 5.92 Å². The van der Waals surface area contributed by atoms with Gasteiger partial charge in [-0.25, -0.2) is 4.39 Å². The highest BCUT2D eigenvalue weighted by Gasteiger charge is 2.24. The average molecular weight is 469 g/mol. The summed E-state index contributed by atoms with van der Waals surface area (Å²) in [5, 5.41) is 0.422. The number of benzene rings is 2. The summed E-state index contributed by atoms with van der Waals surface area (Å²) in [7, 11) is 1.53. The first kappa shape index (κ1) is 25.1. The normalized spacial score (nSPS) is 11.1. The minimum absolute atomic E-state index is 0.0165. The molecule has 7 nitrogen and oxygen atoms in total. The van der Waals surface area contributed by atoms with Gasteiger partial charge in [0, 0.05) is 26.1 Å². The molecule has 1 heterocycles. The van der Waals surface area contributed by atoms with E-state index in [1.807, 2.05) is 0 Å². The predicted molar refractivity (Wildman–Crippen MR) is 126 cm³/mol. The molecule has 3 rings (SSSR count). The Morgan fingerprint density at radius 3 is 2.41 bits per heavy atom. The van der Waals surface area contributed by atoms with Crippen LogP contribution >= 0.6 is 0 Å². The molecule has 0 aliphatic carbocycles. The molecule has 3 aromatic rings. The number of hydrogen-bond acceptors (Lipinski definition) is 5. The molecule has 0 N–H and O–H groups in total. The molecule has 0 unspecified atom stereocenters. The summed E-state index contributed by atoms with van der Waals surface area (Å²) in [6, 6.07) is 12.7. The lowest BCUT2D eigenvalue weighted by Gasteiger charge is -2.28. The Morgan fingerprint density at radius 2 is 1.74 bits per heavy atom. The van der Waals surface area contributed by atoms with Crippen LogP contribution in [-0.4, -0.2) is 48.4 Å². The summed E-state index contributed by atoms with van der Waals surface area (Å²) >= 11 is 0. The summed E-state index contributed by atoms with van der Waals surface area (Å²) in [5.74, 6) is -1.19. The third kappa shape index (κ3) is 6.29. The topological polar surface area (TPSA) is 80.1 Å². The summed E-state index contributed by atoms with van der Waals surface area (Å²) in [6.45, 7) is 4.04. The van der Waals surface area contributed by atoms with E-state index in [2.05, 4.69) is 0 Å². The number of halogens is 1. The number of ether oxygens (including phenoxy) is 1. The van der Waals surface area contributed by atoms with Crippen LogP contribution in [0.1, 0.15) is 25.0 Å². The Morgan fingerprint density at radius 1 is 1.03 bits per heavy atom. The molecule has 0 radical (unpaired) electrons. The molecular weight excluding hydrogens is 439 g/mol. The molecule has 34 heavy (non-hydrogen) atoms. The van der Waals surface area contributed by atoms with Crippen molar-refractivity contribution in [2.45, 2.75) is 26.9 Å². The molecule has 2 amide bonds. The summed E-state index contributed by atoms with van der Waals surface area (Å²) in [4.78, 5) is 42.0. The Bertz CT molecular complexity index is 1190. The van der Waals surface area contributed by atoms with E-state index in [1.54, 1.807) is 50.2 Å². The van der Waals surface area contributed by atoms with Gasteiger partial charge in [-0.1, -0.05) is 38.1 Å². The minimum Gasteiger partial charge on any atom is -0.464 e. The largest absolute Gasteiger partial charge is 0.464 e. The van der Waals surface area contributed by atoms with Crippen LogP contribution in [0.3, 0.4) is 0 Å². The monoisotopic (exact) mass is 468 g/mol. The second kappa shape index (κ2) is 11.6. The molecule has 0 saturated heterocycles. The fraction of sp³-hybridized carbons (Fsp3) is 0.346. The van der Waals surface area contributed by atoms with Crippen LogP contribution in [0.25, 0.3) is 11.0 Å². The van der Waals surface area contributed by atoms with Crippen LogP contribution in [0, 0.1) is 11.7 Å². The Kier molecular flexibility index (Phi) is 8.54. The Hall–Kier alpha value is -3.52. The molecule has 0 fully saturated rings. The standard InChI is InChI=1S/C26H29FN2O5/c1-18(2)26(32)28(12-13-33-3)16-24(30)29(14-19-8-10-21(27)11-9-19)15-20-17-34-23-7-5-4-6-22(23)25(20)31/h4-11,17-18H,12-16H2,1-3H3. The van der Waals surface area contributed by atoms with Crippen molar-refractivity contribution in [2.75, 3.05) is 26.8 Å². The molecule has 1 aromatic heterocycles. The van der Waals surface area contributed by atoms with Crippen LogP contribution in [0.2, 0.25) is 0 Å². The number of methoxy groups -OCH3 is 1. The van der Waals surface area contributed by atoms with Gasteiger partial charge in [-0.3, -0.25) is 14.4 Å². The molecule has 8 heteroatoms. The van der Waals surface area contributed by atoms with E-state index < -0.39 is 0 Å². The fourth-order valence-corrected chi connectivity index (χ4v) is 3.57. The lowest BCUT2D eigenvalue weighted by Crippen LogP contribution is -2.45. The van der Waals surface area contributed by atoms with Crippen LogP contribution in [0.15, 0.2) is 64.0 Å². The summed E-state index contributed by atoms with van der Waals surface area (Å²) in [5.41, 5.74) is 1.24. The van der Waals surface area contributed by atoms with E-state index in [9.17, 15) is 18.8 Å². The zero-order valence-corrected chi connectivity index (χ0v) is 19.6. The maximum atomic E-state index is 13.4. The second-order valence-electron chi connectivity index (χ2n) is 8.37. The Labute approximate surface area is 197 Å². The zero-order valence-electron chi connectivity index (χ0n) is 19.6. The van der Waals surface area contributed by atoms with E-state index in [0.29, 0.717) is 22.1 Å². The van der Waals surface area contributed by atoms with Crippen molar-refractivity contribution in [3.05, 3.63) is 82.0 Å². The third-order valence-electron chi connectivity index (χ3n) is 5.45. The Balaban J connectivity index is 1.90. The summed E-state index contributed by atoms with van der Waals surface area (Å²) in [6.07, 6.45) is 1.36. The average Bonchev–Trinajstić information content (AvgIpc) is 2.83. The summed E-state index contributed by atoms with van der Waals surface area (Å²) < 4.78 is 24.1. The molecule has 0 atom stereocenters. The lowest BCUT2D eigenvalue weighted by molar-refractivity contribution is -0.143. The van der Waals surface area contributed by atoms with E-state index >= 15 is 0 Å². The predicted octanol–water partition coefficient (Wildman–Crippen LogP) is 3.59. The maximum Gasteiger partial charge on any atom is 0.242 e. The van der Waals surface area contributed by atoms with E-state index in [1.165, 1.54) is 35.3 Å². The first-order valence-corrected chi connectivity index (χ1v) is 11.1. The third-order valence-corrected chi connectivity index (χ3v) is 5.45. The molecule has 0 saturated carbocycles. The highest BCUT2D eigenvalue weighted by Crippen LogP contribution is 2.15. The van der Waals surface area contributed by atoms with Gasteiger partial charge in [0.05, 0.1) is 36.9 Å². The number of carbonyl (C=O) groups is 2. The number of nitrogens with zero attached hydrogens (tertiary/aromatic N) is 2. The van der Waals surface area contributed by atoms with Gasteiger partial charge in [-0.2, -0.15) is 0 Å². The smallest absolute Gasteiger partial charge is 0.242 e. The molecule has 0 aliphatic rings. The van der Waals surface area contributed by atoms with Gasteiger partial charge < -0.3 is 19.0 Å². The van der Waals surface area contributed by atoms with Gasteiger partial charge in [0.1, 0.15) is 11.4 Å². The van der Waals surface area contributed by atoms with Gasteiger partial charge in [0.15, 0.2) is 5.43 Å². The van der Waals surface area contributed by atoms with Crippen LogP contribution in [0.4, 0.5) is 4.39 Å². The van der Waals surface area contributed by atoms with E-state index in [0.717, 1.165) is 0 Å². The van der Waals surface area contributed by atoms with Crippen LogP contribution < -0.4 is 5.43 Å². The first-order chi connectivity index (χ1) is 16.3. The van der Waals surface area contributed by atoms with Crippen molar-refractivity contribution in [1.29, 1.82) is 0 Å². The first-order valence-electron chi connectivity index (χ1n) is 11.1. The van der Waals surface area contributed by atoms with Crippen molar-refractivity contribution in [3.8, 4) is 0 Å². The number of para-hydroxylation sites is 1. The number of fused-ring (bicyclic) bond motifs is 1. The molecule has 2 aromatic carbocycles. The number of carbonyl (C=O) groups excluding carboxylic acids is 2. The molecule has 180 valence electrons. The number of hydrogen-bond donors (Lipinski definition) is 0. The maximum absolute atomic E-state index is 13.4. The zero-order chi connectivity index (χ0) is 24.7. The highest BCUT2D eigenvalue weighted by molar-refractivity contribution is 5.86. The molecule has 0 bridgehead atoms. The van der Waals surface area contributed by atoms with Gasteiger partial charge in [-0.15, -0.1) is 0 Å². The van der Waals surface area contributed by atoms with Gasteiger partial charge in [0.2, 0.25) is 11.8 Å².